The molecule has 1 N–H and O–H groups in total. The van der Waals surface area contributed by atoms with E-state index in [1.54, 1.807) is 12.1 Å². The molecule has 0 aliphatic heterocycles. The van der Waals surface area contributed by atoms with Crippen molar-refractivity contribution in [2.45, 2.75) is 17.7 Å². The Morgan fingerprint density at radius 2 is 1.80 bits per heavy atom. The van der Waals surface area contributed by atoms with Crippen LogP contribution in [0.4, 0.5) is 0 Å². The van der Waals surface area contributed by atoms with Crippen LogP contribution in [0.5, 0.6) is 0 Å². The van der Waals surface area contributed by atoms with E-state index in [1.165, 1.54) is 6.26 Å². The summed E-state index contributed by atoms with van der Waals surface area (Å²) in [4.78, 5) is 0.378. The highest BCUT2D eigenvalue weighted by Gasteiger charge is 2.08. The van der Waals surface area contributed by atoms with Crippen molar-refractivity contribution in [2.24, 2.45) is 0 Å². The number of rotatable bonds is 4. The molecule has 84 valence electrons. The summed E-state index contributed by atoms with van der Waals surface area (Å²) in [7, 11) is -1.17. The number of likely N-dealkylation sites (N-methyl/N-ethyl adjacent to an activating group) is 1. The van der Waals surface area contributed by atoms with Crippen LogP contribution < -0.4 is 5.32 Å². The Balaban J connectivity index is 2.90. The molecule has 1 unspecified atom stereocenters. The number of hydrogen-bond acceptors (Lipinski definition) is 3. The van der Waals surface area contributed by atoms with Crippen molar-refractivity contribution in [3.63, 3.8) is 0 Å². The SMILES string of the molecule is CNCC(C)c1ccc(S(C)(=O)=O)cc1. The second-order valence-corrected chi connectivity index (χ2v) is 5.82. The molecule has 0 spiro atoms. The van der Waals surface area contributed by atoms with Crippen molar-refractivity contribution >= 4 is 9.84 Å². The minimum Gasteiger partial charge on any atom is -0.319 e. The second-order valence-electron chi connectivity index (χ2n) is 3.80. The molecule has 0 amide bonds. The van der Waals surface area contributed by atoms with Gasteiger partial charge in [0.25, 0.3) is 0 Å². The van der Waals surface area contributed by atoms with E-state index in [0.717, 1.165) is 12.1 Å². The van der Waals surface area contributed by atoms with Gasteiger partial charge in [-0.3, -0.25) is 0 Å². The van der Waals surface area contributed by atoms with Crippen molar-refractivity contribution in [2.75, 3.05) is 19.8 Å². The predicted molar refractivity (Wildman–Crippen MR) is 61.9 cm³/mol. The van der Waals surface area contributed by atoms with Gasteiger partial charge in [0.15, 0.2) is 9.84 Å². The second kappa shape index (κ2) is 4.77. The van der Waals surface area contributed by atoms with E-state index in [2.05, 4.69) is 12.2 Å². The third-order valence-corrected chi connectivity index (χ3v) is 3.52. The van der Waals surface area contributed by atoms with Gasteiger partial charge in [0.1, 0.15) is 0 Å². The van der Waals surface area contributed by atoms with Crippen molar-refractivity contribution in [3.8, 4) is 0 Å². The first-order chi connectivity index (χ1) is 6.95. The van der Waals surface area contributed by atoms with Crippen LogP contribution in [0, 0.1) is 0 Å². The molecule has 1 aromatic carbocycles. The average Bonchev–Trinajstić information content (AvgIpc) is 2.17. The lowest BCUT2D eigenvalue weighted by molar-refractivity contribution is 0.601. The van der Waals surface area contributed by atoms with Crippen LogP contribution in [0.25, 0.3) is 0 Å². The van der Waals surface area contributed by atoms with Crippen molar-refractivity contribution in [1.82, 2.24) is 5.32 Å². The molecule has 0 saturated carbocycles. The number of benzene rings is 1. The molecule has 0 aliphatic carbocycles. The maximum absolute atomic E-state index is 11.2. The van der Waals surface area contributed by atoms with E-state index in [-0.39, 0.29) is 0 Å². The van der Waals surface area contributed by atoms with Gasteiger partial charge in [-0.1, -0.05) is 19.1 Å². The molecule has 3 nitrogen and oxygen atoms in total. The Morgan fingerprint density at radius 1 is 1.27 bits per heavy atom. The Bertz CT molecular complexity index is 409. The number of hydrogen-bond donors (Lipinski definition) is 1. The molecule has 1 aromatic rings. The Kier molecular flexibility index (Phi) is 3.88. The first-order valence-corrected chi connectivity index (χ1v) is 6.79. The molecule has 0 saturated heterocycles. The third kappa shape index (κ3) is 3.32. The van der Waals surface area contributed by atoms with Crippen LogP contribution in [-0.2, 0) is 9.84 Å². The van der Waals surface area contributed by atoms with E-state index in [9.17, 15) is 8.42 Å². The monoisotopic (exact) mass is 227 g/mol. The van der Waals surface area contributed by atoms with Gasteiger partial charge in [0, 0.05) is 12.8 Å². The van der Waals surface area contributed by atoms with Crippen molar-refractivity contribution < 1.29 is 8.42 Å². The number of nitrogens with one attached hydrogen (secondary N) is 1. The van der Waals surface area contributed by atoms with Gasteiger partial charge in [0.2, 0.25) is 0 Å². The summed E-state index contributed by atoms with van der Waals surface area (Å²) < 4.78 is 22.5. The van der Waals surface area contributed by atoms with Crippen LogP contribution in [0.15, 0.2) is 29.2 Å². The topological polar surface area (TPSA) is 46.2 Å². The largest absolute Gasteiger partial charge is 0.319 e. The van der Waals surface area contributed by atoms with Crippen LogP contribution >= 0.6 is 0 Å². The maximum atomic E-state index is 11.2. The van der Waals surface area contributed by atoms with Gasteiger partial charge in [-0.25, -0.2) is 8.42 Å². The fourth-order valence-corrected chi connectivity index (χ4v) is 2.10. The van der Waals surface area contributed by atoms with Gasteiger partial charge in [-0.2, -0.15) is 0 Å². The van der Waals surface area contributed by atoms with E-state index in [1.807, 2.05) is 19.2 Å². The highest BCUT2D eigenvalue weighted by atomic mass is 32.2. The highest BCUT2D eigenvalue weighted by Crippen LogP contribution is 2.17. The molecule has 4 heteroatoms. The highest BCUT2D eigenvalue weighted by molar-refractivity contribution is 7.90. The Morgan fingerprint density at radius 3 is 2.20 bits per heavy atom. The number of sulfone groups is 1. The van der Waals surface area contributed by atoms with Gasteiger partial charge in [-0.05, 0) is 30.7 Å². The van der Waals surface area contributed by atoms with Gasteiger partial charge in [-0.15, -0.1) is 0 Å². The maximum Gasteiger partial charge on any atom is 0.175 e. The fourth-order valence-electron chi connectivity index (χ4n) is 1.47. The Labute approximate surface area is 91.4 Å². The van der Waals surface area contributed by atoms with Gasteiger partial charge in [0.05, 0.1) is 4.90 Å². The molecule has 0 aliphatic rings. The minimum absolute atomic E-state index is 0.378. The molecular weight excluding hydrogens is 210 g/mol. The smallest absolute Gasteiger partial charge is 0.175 e. The zero-order valence-electron chi connectivity index (χ0n) is 9.32. The van der Waals surface area contributed by atoms with Crippen molar-refractivity contribution in [3.05, 3.63) is 29.8 Å². The van der Waals surface area contributed by atoms with Crippen LogP contribution in [0.2, 0.25) is 0 Å². The first kappa shape index (κ1) is 12.2. The quantitative estimate of drug-likeness (QED) is 0.846. The summed E-state index contributed by atoms with van der Waals surface area (Å²) in [6.07, 6.45) is 1.22. The van der Waals surface area contributed by atoms with Gasteiger partial charge < -0.3 is 5.32 Å². The zero-order valence-corrected chi connectivity index (χ0v) is 10.1. The first-order valence-electron chi connectivity index (χ1n) is 4.89. The zero-order chi connectivity index (χ0) is 11.5. The Hall–Kier alpha value is -0.870. The molecule has 1 atom stereocenters. The summed E-state index contributed by atoms with van der Waals surface area (Å²) in [6.45, 7) is 2.99. The normalized spacial score (nSPS) is 13.8. The van der Waals surface area contributed by atoms with E-state index in [4.69, 9.17) is 0 Å². The molecular formula is C11H17NO2S. The van der Waals surface area contributed by atoms with E-state index < -0.39 is 9.84 Å². The molecule has 1 rings (SSSR count). The summed E-state index contributed by atoms with van der Waals surface area (Å²) in [6, 6.07) is 7.07. The standard InChI is InChI=1S/C11H17NO2S/c1-9(8-12-2)10-4-6-11(7-5-10)15(3,13)14/h4-7,9,12H,8H2,1-3H3. The van der Waals surface area contributed by atoms with Crippen LogP contribution in [0.3, 0.4) is 0 Å². The summed E-state index contributed by atoms with van der Waals surface area (Å²) >= 11 is 0. The fraction of sp³-hybridized carbons (Fsp3) is 0.455. The molecule has 0 fully saturated rings. The molecule has 0 radical (unpaired) electrons. The lowest BCUT2D eigenvalue weighted by Gasteiger charge is -2.11. The molecule has 15 heavy (non-hydrogen) atoms. The lowest BCUT2D eigenvalue weighted by Crippen LogP contribution is -2.14. The van der Waals surface area contributed by atoms with Crippen LogP contribution in [0.1, 0.15) is 18.4 Å². The third-order valence-electron chi connectivity index (χ3n) is 2.39. The van der Waals surface area contributed by atoms with Crippen LogP contribution in [-0.4, -0.2) is 28.3 Å². The van der Waals surface area contributed by atoms with E-state index >= 15 is 0 Å². The average molecular weight is 227 g/mol. The summed E-state index contributed by atoms with van der Waals surface area (Å²) in [5, 5.41) is 3.09. The lowest BCUT2D eigenvalue weighted by atomic mass is 10.0. The van der Waals surface area contributed by atoms with Gasteiger partial charge >= 0.3 is 0 Å². The predicted octanol–water partition coefficient (Wildman–Crippen LogP) is 1.41. The molecule has 0 aromatic heterocycles. The molecule has 0 bridgehead atoms. The summed E-state index contributed by atoms with van der Waals surface area (Å²) in [5.41, 5.74) is 1.15. The van der Waals surface area contributed by atoms with E-state index in [0.29, 0.717) is 10.8 Å². The minimum atomic E-state index is -3.07. The summed E-state index contributed by atoms with van der Waals surface area (Å²) in [5.74, 6) is 0.392. The van der Waals surface area contributed by atoms with Crippen molar-refractivity contribution in [1.29, 1.82) is 0 Å². The molecule has 0 heterocycles.